The fourth-order valence-corrected chi connectivity index (χ4v) is 4.94. The number of rotatable bonds is 8. The van der Waals surface area contributed by atoms with E-state index < -0.39 is 5.25 Å². The third kappa shape index (κ3) is 6.27. The molecular formula is C29H25ClN2O3S. The monoisotopic (exact) mass is 516 g/mol. The average molecular weight is 517 g/mol. The number of hydrogen-bond donors (Lipinski definition) is 2. The Balaban J connectivity index is 1.57. The van der Waals surface area contributed by atoms with E-state index in [0.29, 0.717) is 27.7 Å². The topological polar surface area (TPSA) is 67.4 Å². The zero-order valence-electron chi connectivity index (χ0n) is 19.8. The van der Waals surface area contributed by atoms with Gasteiger partial charge in [-0.1, -0.05) is 66.2 Å². The second kappa shape index (κ2) is 11.8. The van der Waals surface area contributed by atoms with Gasteiger partial charge in [0.15, 0.2) is 0 Å². The first-order chi connectivity index (χ1) is 17.4. The van der Waals surface area contributed by atoms with Gasteiger partial charge < -0.3 is 15.4 Å². The molecule has 0 radical (unpaired) electrons. The molecule has 0 saturated heterocycles. The predicted octanol–water partition coefficient (Wildman–Crippen LogP) is 7.38. The first-order valence-electron chi connectivity index (χ1n) is 11.3. The largest absolute Gasteiger partial charge is 0.495 e. The number of amides is 2. The molecule has 0 saturated carbocycles. The molecule has 4 aromatic carbocycles. The van der Waals surface area contributed by atoms with E-state index in [0.717, 1.165) is 16.0 Å². The molecule has 0 spiro atoms. The van der Waals surface area contributed by atoms with Crippen molar-refractivity contribution in [3.63, 3.8) is 0 Å². The molecular weight excluding hydrogens is 492 g/mol. The van der Waals surface area contributed by atoms with E-state index in [1.165, 1.54) is 11.8 Å². The van der Waals surface area contributed by atoms with Crippen molar-refractivity contribution in [2.24, 2.45) is 0 Å². The number of hydrogen-bond acceptors (Lipinski definition) is 4. The molecule has 0 heterocycles. The normalized spacial score (nSPS) is 11.4. The molecule has 4 rings (SSSR count). The maximum atomic E-state index is 13.5. The lowest BCUT2D eigenvalue weighted by molar-refractivity contribution is -0.115. The van der Waals surface area contributed by atoms with Crippen LogP contribution in [0.5, 0.6) is 5.75 Å². The van der Waals surface area contributed by atoms with Crippen LogP contribution < -0.4 is 15.4 Å². The molecule has 7 heteroatoms. The molecule has 1 unspecified atom stereocenters. The summed E-state index contributed by atoms with van der Waals surface area (Å²) in [5, 5.41) is 5.85. The summed E-state index contributed by atoms with van der Waals surface area (Å²) in [6.45, 7) is 1.90. The highest BCUT2D eigenvalue weighted by atomic mass is 35.5. The number of ether oxygens (including phenoxy) is 1. The van der Waals surface area contributed by atoms with Gasteiger partial charge in [0, 0.05) is 21.2 Å². The van der Waals surface area contributed by atoms with E-state index in [4.69, 9.17) is 16.3 Å². The van der Waals surface area contributed by atoms with Crippen molar-refractivity contribution in [2.45, 2.75) is 17.1 Å². The third-order valence-corrected chi connectivity index (χ3v) is 6.98. The maximum absolute atomic E-state index is 13.5. The second-order valence-electron chi connectivity index (χ2n) is 8.04. The van der Waals surface area contributed by atoms with Gasteiger partial charge in [0.25, 0.3) is 5.91 Å². The van der Waals surface area contributed by atoms with Gasteiger partial charge in [0.2, 0.25) is 5.91 Å². The summed E-state index contributed by atoms with van der Waals surface area (Å²) in [5.41, 5.74) is 3.51. The van der Waals surface area contributed by atoms with Gasteiger partial charge >= 0.3 is 0 Å². The van der Waals surface area contributed by atoms with E-state index in [1.807, 2.05) is 79.7 Å². The number of aryl methyl sites for hydroxylation is 1. The van der Waals surface area contributed by atoms with E-state index in [2.05, 4.69) is 10.6 Å². The molecule has 36 heavy (non-hydrogen) atoms. The Hall–Kier alpha value is -3.74. The van der Waals surface area contributed by atoms with Crippen LogP contribution in [0.3, 0.4) is 0 Å². The Morgan fingerprint density at radius 3 is 2.36 bits per heavy atom. The fourth-order valence-electron chi connectivity index (χ4n) is 3.69. The quantitative estimate of drug-likeness (QED) is 0.240. The van der Waals surface area contributed by atoms with Crippen molar-refractivity contribution >= 4 is 46.6 Å². The highest BCUT2D eigenvalue weighted by molar-refractivity contribution is 8.00. The molecule has 5 nitrogen and oxygen atoms in total. The lowest BCUT2D eigenvalue weighted by Crippen LogP contribution is -2.19. The highest BCUT2D eigenvalue weighted by Crippen LogP contribution is 2.38. The summed E-state index contributed by atoms with van der Waals surface area (Å²) in [7, 11) is 1.54. The number of thioether (sulfide) groups is 1. The second-order valence-corrected chi connectivity index (χ2v) is 9.65. The van der Waals surface area contributed by atoms with Crippen LogP contribution >= 0.6 is 23.4 Å². The number of halogens is 1. The fraction of sp³-hybridized carbons (Fsp3) is 0.103. The van der Waals surface area contributed by atoms with Crippen molar-refractivity contribution in [1.82, 2.24) is 0 Å². The molecule has 0 aliphatic rings. The van der Waals surface area contributed by atoms with E-state index in [1.54, 1.807) is 31.4 Å². The molecule has 2 amide bonds. The van der Waals surface area contributed by atoms with Crippen LogP contribution in [0.4, 0.5) is 11.4 Å². The first-order valence-corrected chi connectivity index (χ1v) is 12.5. The van der Waals surface area contributed by atoms with Crippen molar-refractivity contribution < 1.29 is 14.3 Å². The number of nitrogens with one attached hydrogen (secondary N) is 2. The minimum absolute atomic E-state index is 0.180. The maximum Gasteiger partial charge on any atom is 0.255 e. The Kier molecular flexibility index (Phi) is 8.31. The number of carbonyl (C=O) groups is 2. The number of carbonyl (C=O) groups excluding carboxylic acids is 2. The molecule has 2 N–H and O–H groups in total. The van der Waals surface area contributed by atoms with E-state index in [-0.39, 0.29) is 11.8 Å². The van der Waals surface area contributed by atoms with Gasteiger partial charge in [-0.3, -0.25) is 9.59 Å². The number of anilines is 2. The van der Waals surface area contributed by atoms with E-state index in [9.17, 15) is 9.59 Å². The Morgan fingerprint density at radius 1 is 0.861 bits per heavy atom. The summed E-state index contributed by atoms with van der Waals surface area (Å²) in [6, 6.07) is 29.5. The molecule has 0 fully saturated rings. The van der Waals surface area contributed by atoms with Gasteiger partial charge in [-0.25, -0.2) is 0 Å². The standard InChI is InChI=1S/C29H25ClN2O3S/c1-19-9-6-7-14-24(19)28(33)31-22-12-8-13-23(18-22)36-27(20-10-4-3-5-11-20)29(34)32-25-17-21(30)15-16-26(25)35-2/h3-18,27H,1-2H3,(H,31,33)(H,32,34). The number of benzene rings is 4. The smallest absolute Gasteiger partial charge is 0.255 e. The highest BCUT2D eigenvalue weighted by Gasteiger charge is 2.23. The lowest BCUT2D eigenvalue weighted by Gasteiger charge is -2.19. The van der Waals surface area contributed by atoms with Crippen LogP contribution in [-0.2, 0) is 4.79 Å². The van der Waals surface area contributed by atoms with Crippen LogP contribution in [0.15, 0.2) is 102 Å². The molecule has 4 aromatic rings. The van der Waals surface area contributed by atoms with Crippen LogP contribution in [0.2, 0.25) is 5.02 Å². The Labute approximate surface area is 219 Å². The van der Waals surface area contributed by atoms with Gasteiger partial charge in [-0.15, -0.1) is 11.8 Å². The van der Waals surface area contributed by atoms with Crippen molar-refractivity contribution in [3.05, 3.63) is 119 Å². The van der Waals surface area contributed by atoms with Gasteiger partial charge in [0.05, 0.1) is 12.8 Å². The molecule has 0 aliphatic carbocycles. The van der Waals surface area contributed by atoms with Crippen molar-refractivity contribution in [3.8, 4) is 5.75 Å². The minimum atomic E-state index is -0.558. The Morgan fingerprint density at radius 2 is 1.61 bits per heavy atom. The minimum Gasteiger partial charge on any atom is -0.495 e. The van der Waals surface area contributed by atoms with E-state index >= 15 is 0 Å². The first kappa shape index (κ1) is 25.4. The lowest BCUT2D eigenvalue weighted by atomic mass is 10.1. The molecule has 0 aliphatic heterocycles. The molecule has 0 bridgehead atoms. The van der Waals surface area contributed by atoms with Crippen LogP contribution in [-0.4, -0.2) is 18.9 Å². The summed E-state index contributed by atoms with van der Waals surface area (Å²) in [6.07, 6.45) is 0. The van der Waals surface area contributed by atoms with Gasteiger partial charge in [-0.2, -0.15) is 0 Å². The summed E-state index contributed by atoms with van der Waals surface area (Å²) >= 11 is 7.54. The molecule has 182 valence electrons. The van der Waals surface area contributed by atoms with Gasteiger partial charge in [0.1, 0.15) is 11.0 Å². The SMILES string of the molecule is COc1ccc(Cl)cc1NC(=O)C(Sc1cccc(NC(=O)c2ccccc2C)c1)c1ccccc1. The summed E-state index contributed by atoms with van der Waals surface area (Å²) in [4.78, 5) is 27.1. The predicted molar refractivity (Wildman–Crippen MR) is 147 cm³/mol. The number of methoxy groups -OCH3 is 1. The molecule has 0 aromatic heterocycles. The van der Waals surface area contributed by atoms with Crippen LogP contribution in [0.25, 0.3) is 0 Å². The zero-order chi connectivity index (χ0) is 25.5. The van der Waals surface area contributed by atoms with Crippen LogP contribution in [0, 0.1) is 6.92 Å². The summed E-state index contributed by atoms with van der Waals surface area (Å²) < 4.78 is 5.38. The van der Waals surface area contributed by atoms with Gasteiger partial charge in [-0.05, 0) is 60.5 Å². The zero-order valence-corrected chi connectivity index (χ0v) is 21.4. The van der Waals surface area contributed by atoms with Crippen molar-refractivity contribution in [1.29, 1.82) is 0 Å². The van der Waals surface area contributed by atoms with Crippen molar-refractivity contribution in [2.75, 3.05) is 17.7 Å². The third-order valence-electron chi connectivity index (χ3n) is 5.50. The van der Waals surface area contributed by atoms with Crippen LogP contribution in [0.1, 0.15) is 26.7 Å². The molecule has 1 atom stereocenters. The summed E-state index contributed by atoms with van der Waals surface area (Å²) in [5.74, 6) is 0.118. The Bertz CT molecular complexity index is 1380. The average Bonchev–Trinajstić information content (AvgIpc) is 2.88.